The molecule has 0 radical (unpaired) electrons. The Morgan fingerprint density at radius 1 is 0.581 bits per heavy atom. The maximum atomic E-state index is 13.7. The minimum atomic E-state index is -0.220. The van der Waals surface area contributed by atoms with E-state index in [4.69, 9.17) is 4.98 Å². The summed E-state index contributed by atoms with van der Waals surface area (Å²) < 4.78 is 18.7. The Labute approximate surface area is 193 Å². The first-order valence-electron chi connectivity index (χ1n) is 9.92. The Kier molecular flexibility index (Phi) is 5.97. The average molecular weight is 533 g/mol. The first kappa shape index (κ1) is 20.2. The second kappa shape index (κ2) is 9.18. The van der Waals surface area contributed by atoms with Crippen LogP contribution in [0.15, 0.2) is 109 Å². The molecule has 0 saturated carbocycles. The number of fused-ring (bicyclic) bond motifs is 1. The molecule has 0 fully saturated rings. The molecular weight excluding hydrogens is 515 g/mol. The summed E-state index contributed by atoms with van der Waals surface area (Å²) in [5.41, 5.74) is 3.21. The third-order valence-electron chi connectivity index (χ3n) is 4.87. The molecule has 0 spiro atoms. The van der Waals surface area contributed by atoms with Gasteiger partial charge in [0.25, 0.3) is 0 Å². The van der Waals surface area contributed by atoms with Crippen molar-refractivity contribution in [3.8, 4) is 11.1 Å². The predicted octanol–water partition coefficient (Wildman–Crippen LogP) is 3.35. The van der Waals surface area contributed by atoms with Crippen LogP contribution in [-0.2, 0) is 0 Å². The van der Waals surface area contributed by atoms with E-state index >= 15 is 0 Å². The van der Waals surface area contributed by atoms with E-state index in [-0.39, 0.29) is 35.7 Å². The number of para-hydroxylation sites is 1. The summed E-state index contributed by atoms with van der Waals surface area (Å²) in [6.45, 7) is 0. The van der Waals surface area contributed by atoms with Crippen LogP contribution >= 0.6 is 0 Å². The van der Waals surface area contributed by atoms with Gasteiger partial charge in [-0.2, -0.15) is 0 Å². The van der Waals surface area contributed by atoms with Crippen LogP contribution in [0.1, 0.15) is 0 Å². The van der Waals surface area contributed by atoms with Crippen LogP contribution in [-0.4, -0.2) is 34.9 Å². The van der Waals surface area contributed by atoms with Gasteiger partial charge >= 0.3 is 194 Å². The third-order valence-corrected chi connectivity index (χ3v) is 9.34. The van der Waals surface area contributed by atoms with Crippen molar-refractivity contribution in [2.24, 2.45) is 0 Å². The van der Waals surface area contributed by atoms with Crippen LogP contribution in [0.25, 0.3) is 22.0 Å². The maximum absolute atomic E-state index is 13.7. The summed E-state index contributed by atoms with van der Waals surface area (Å²) >= 11 is 0.131. The van der Waals surface area contributed by atoms with Gasteiger partial charge < -0.3 is 0 Å². The molecular formula is C27H18FNSe2. The van der Waals surface area contributed by atoms with Gasteiger partial charge in [-0.3, -0.25) is 0 Å². The van der Waals surface area contributed by atoms with E-state index in [1.54, 1.807) is 12.1 Å². The number of hydrogen-bond acceptors (Lipinski definition) is 1. The molecule has 0 unspecified atom stereocenters. The zero-order chi connectivity index (χ0) is 21.0. The second-order valence-electron chi connectivity index (χ2n) is 6.98. The average Bonchev–Trinajstić information content (AvgIpc) is 2.81. The van der Waals surface area contributed by atoms with Crippen molar-refractivity contribution >= 4 is 58.8 Å². The molecule has 0 aliphatic heterocycles. The van der Waals surface area contributed by atoms with E-state index in [1.807, 2.05) is 24.3 Å². The molecule has 5 aromatic rings. The summed E-state index contributed by atoms with van der Waals surface area (Å²) in [7, 11) is 0. The Balaban J connectivity index is 1.77. The minimum absolute atomic E-state index is 0.0382. The number of nitrogens with zero attached hydrogens (tertiary/aromatic N) is 1. The molecule has 150 valence electrons. The van der Waals surface area contributed by atoms with Gasteiger partial charge in [-0.1, -0.05) is 0 Å². The van der Waals surface area contributed by atoms with E-state index in [0.717, 1.165) is 21.2 Å². The SMILES string of the molecule is Fc1ccc(-c2c([Se]c3ccccc3)nc3ccccc3c2[Se]c2ccccc2)cc1. The Morgan fingerprint density at radius 2 is 1.16 bits per heavy atom. The number of rotatable bonds is 5. The topological polar surface area (TPSA) is 12.9 Å². The van der Waals surface area contributed by atoms with Crippen molar-refractivity contribution in [1.29, 1.82) is 0 Å². The van der Waals surface area contributed by atoms with Gasteiger partial charge in [0.05, 0.1) is 0 Å². The second-order valence-corrected chi connectivity index (χ2v) is 11.5. The standard InChI is InChI=1S/C27H18FNSe2/c28-20-17-15-19(16-18-20)25-26(30-21-9-3-1-4-10-21)23-13-7-8-14-24(23)29-27(25)31-22-11-5-2-6-12-22/h1-18H. The molecule has 0 amide bonds. The van der Waals surface area contributed by atoms with E-state index < -0.39 is 0 Å². The molecule has 0 bridgehead atoms. The first-order valence-corrected chi connectivity index (χ1v) is 13.3. The monoisotopic (exact) mass is 535 g/mol. The van der Waals surface area contributed by atoms with Crippen molar-refractivity contribution < 1.29 is 4.39 Å². The third kappa shape index (κ3) is 4.49. The van der Waals surface area contributed by atoms with Crippen LogP contribution in [0.3, 0.4) is 0 Å². The van der Waals surface area contributed by atoms with Crippen LogP contribution < -0.4 is 18.0 Å². The zero-order valence-electron chi connectivity index (χ0n) is 16.5. The predicted molar refractivity (Wildman–Crippen MR) is 130 cm³/mol. The number of pyridine rings is 1. The van der Waals surface area contributed by atoms with Gasteiger partial charge in [0.15, 0.2) is 0 Å². The first-order chi connectivity index (χ1) is 15.3. The van der Waals surface area contributed by atoms with Gasteiger partial charge in [-0.25, -0.2) is 0 Å². The molecule has 4 aromatic carbocycles. The molecule has 1 heterocycles. The number of aromatic nitrogens is 1. The quantitative estimate of drug-likeness (QED) is 0.316. The molecule has 31 heavy (non-hydrogen) atoms. The van der Waals surface area contributed by atoms with Gasteiger partial charge in [-0.15, -0.1) is 0 Å². The van der Waals surface area contributed by atoms with Crippen LogP contribution in [0, 0.1) is 5.82 Å². The van der Waals surface area contributed by atoms with E-state index in [1.165, 1.54) is 18.8 Å². The number of benzene rings is 4. The Bertz CT molecular complexity index is 1320. The van der Waals surface area contributed by atoms with Crippen molar-refractivity contribution in [2.75, 3.05) is 0 Å². The molecule has 0 aliphatic rings. The van der Waals surface area contributed by atoms with Crippen LogP contribution in [0.5, 0.6) is 0 Å². The number of halogens is 1. The Hall–Kier alpha value is -2.74. The van der Waals surface area contributed by atoms with E-state index in [0.29, 0.717) is 0 Å². The number of hydrogen-bond donors (Lipinski definition) is 0. The van der Waals surface area contributed by atoms with Gasteiger partial charge in [-0.05, 0) is 0 Å². The molecule has 1 nitrogen and oxygen atoms in total. The molecule has 1 aromatic heterocycles. The molecule has 0 aliphatic carbocycles. The van der Waals surface area contributed by atoms with Crippen LogP contribution in [0.4, 0.5) is 4.39 Å². The molecule has 0 atom stereocenters. The summed E-state index contributed by atoms with van der Waals surface area (Å²) in [5, 5.41) is 1.18. The molecule has 0 saturated heterocycles. The summed E-state index contributed by atoms with van der Waals surface area (Å²) in [6.07, 6.45) is 0. The van der Waals surface area contributed by atoms with Crippen molar-refractivity contribution in [2.45, 2.75) is 0 Å². The normalized spacial score (nSPS) is 11.0. The fraction of sp³-hybridized carbons (Fsp3) is 0. The van der Waals surface area contributed by atoms with Crippen molar-refractivity contribution in [1.82, 2.24) is 4.98 Å². The molecule has 5 rings (SSSR count). The molecule has 4 heteroatoms. The van der Waals surface area contributed by atoms with Gasteiger partial charge in [0.1, 0.15) is 0 Å². The van der Waals surface area contributed by atoms with Gasteiger partial charge in [0, 0.05) is 0 Å². The zero-order valence-corrected chi connectivity index (χ0v) is 20.0. The summed E-state index contributed by atoms with van der Waals surface area (Å²) in [5.74, 6) is -0.220. The van der Waals surface area contributed by atoms with Crippen molar-refractivity contribution in [3.05, 3.63) is 115 Å². The van der Waals surface area contributed by atoms with Crippen LogP contribution in [0.2, 0.25) is 0 Å². The summed E-state index contributed by atoms with van der Waals surface area (Å²) in [4.78, 5) is 5.12. The van der Waals surface area contributed by atoms with Crippen molar-refractivity contribution in [3.63, 3.8) is 0 Å². The van der Waals surface area contributed by atoms with E-state index in [2.05, 4.69) is 72.8 Å². The fourth-order valence-electron chi connectivity index (χ4n) is 3.42. The molecule has 0 N–H and O–H groups in total. The summed E-state index contributed by atoms with van der Waals surface area (Å²) in [6, 6.07) is 36.4. The fourth-order valence-corrected chi connectivity index (χ4v) is 8.17. The Morgan fingerprint density at radius 3 is 1.84 bits per heavy atom. The van der Waals surface area contributed by atoms with E-state index in [9.17, 15) is 4.39 Å². The van der Waals surface area contributed by atoms with Gasteiger partial charge in [0.2, 0.25) is 0 Å².